The molecule has 21 heavy (non-hydrogen) atoms. The maximum atomic E-state index is 13.5. The van der Waals surface area contributed by atoms with Gasteiger partial charge in [0.25, 0.3) is 0 Å². The SMILES string of the molecule is C=CCCCC[C@@H](c1cccc(F)c1)N1CCNCC1.Cl. The molecule has 1 aromatic rings. The number of allylic oxidation sites excluding steroid dienone is 1. The Hall–Kier alpha value is -0.900. The molecule has 0 aliphatic carbocycles. The summed E-state index contributed by atoms with van der Waals surface area (Å²) in [6.45, 7) is 7.91. The van der Waals surface area contributed by atoms with Gasteiger partial charge in [-0.25, -0.2) is 4.39 Å². The van der Waals surface area contributed by atoms with Gasteiger partial charge in [-0.1, -0.05) is 24.6 Å². The first kappa shape index (κ1) is 18.1. The highest BCUT2D eigenvalue weighted by atomic mass is 35.5. The molecular weight excluding hydrogens is 287 g/mol. The highest BCUT2D eigenvalue weighted by Crippen LogP contribution is 2.27. The number of halogens is 2. The van der Waals surface area contributed by atoms with E-state index >= 15 is 0 Å². The van der Waals surface area contributed by atoms with Crippen LogP contribution in [0, 0.1) is 5.82 Å². The number of hydrogen-bond donors (Lipinski definition) is 1. The van der Waals surface area contributed by atoms with Gasteiger partial charge in [-0.2, -0.15) is 0 Å². The summed E-state index contributed by atoms with van der Waals surface area (Å²) in [5.41, 5.74) is 1.12. The van der Waals surface area contributed by atoms with Crippen molar-refractivity contribution in [3.63, 3.8) is 0 Å². The Balaban J connectivity index is 0.00000220. The van der Waals surface area contributed by atoms with Crippen molar-refractivity contribution in [2.45, 2.75) is 31.7 Å². The van der Waals surface area contributed by atoms with Gasteiger partial charge >= 0.3 is 0 Å². The Kier molecular flexibility index (Phi) is 8.58. The summed E-state index contributed by atoms with van der Waals surface area (Å²) < 4.78 is 13.5. The van der Waals surface area contributed by atoms with E-state index in [9.17, 15) is 4.39 Å². The lowest BCUT2D eigenvalue weighted by molar-refractivity contribution is 0.162. The van der Waals surface area contributed by atoms with Gasteiger partial charge < -0.3 is 5.32 Å². The van der Waals surface area contributed by atoms with Gasteiger partial charge in [-0.3, -0.25) is 4.90 Å². The molecule has 118 valence electrons. The molecule has 1 aromatic carbocycles. The zero-order chi connectivity index (χ0) is 14.2. The Morgan fingerprint density at radius 1 is 1.29 bits per heavy atom. The normalized spacial score (nSPS) is 17.0. The largest absolute Gasteiger partial charge is 0.314 e. The molecule has 1 aliphatic rings. The average molecular weight is 313 g/mol. The minimum absolute atomic E-state index is 0. The van der Waals surface area contributed by atoms with Crippen LogP contribution in [0.15, 0.2) is 36.9 Å². The molecular formula is C17H26ClFN2. The topological polar surface area (TPSA) is 15.3 Å². The van der Waals surface area contributed by atoms with Crippen molar-refractivity contribution in [3.8, 4) is 0 Å². The summed E-state index contributed by atoms with van der Waals surface area (Å²) in [7, 11) is 0. The standard InChI is InChI=1S/C17H25FN2.ClH/c1-2-3-4-5-9-17(20-12-10-19-11-13-20)15-7-6-8-16(18)14-15;/h2,6-8,14,17,19H,1,3-5,9-13H2;1H/t17-;/m0./s1. The van der Waals surface area contributed by atoms with E-state index in [1.807, 2.05) is 12.1 Å². The van der Waals surface area contributed by atoms with Crippen LogP contribution in [0.3, 0.4) is 0 Å². The van der Waals surface area contributed by atoms with Crippen molar-refractivity contribution < 1.29 is 4.39 Å². The monoisotopic (exact) mass is 312 g/mol. The quantitative estimate of drug-likeness (QED) is 0.606. The maximum absolute atomic E-state index is 13.5. The second kappa shape index (κ2) is 9.93. The predicted octanol–water partition coefficient (Wildman–Crippen LogP) is 3.94. The van der Waals surface area contributed by atoms with Gasteiger partial charge in [0.1, 0.15) is 5.82 Å². The number of rotatable bonds is 7. The molecule has 1 N–H and O–H groups in total. The fourth-order valence-corrected chi connectivity index (χ4v) is 2.89. The van der Waals surface area contributed by atoms with Gasteiger partial charge in [0.2, 0.25) is 0 Å². The highest BCUT2D eigenvalue weighted by molar-refractivity contribution is 5.85. The lowest BCUT2D eigenvalue weighted by Crippen LogP contribution is -2.45. The van der Waals surface area contributed by atoms with Crippen LogP contribution in [0.25, 0.3) is 0 Å². The second-order valence-corrected chi connectivity index (χ2v) is 5.43. The number of nitrogens with zero attached hydrogens (tertiary/aromatic N) is 1. The zero-order valence-electron chi connectivity index (χ0n) is 12.6. The van der Waals surface area contributed by atoms with Crippen LogP contribution in [-0.2, 0) is 0 Å². The van der Waals surface area contributed by atoms with Crippen molar-refractivity contribution in [1.82, 2.24) is 10.2 Å². The molecule has 2 nitrogen and oxygen atoms in total. The second-order valence-electron chi connectivity index (χ2n) is 5.43. The lowest BCUT2D eigenvalue weighted by Gasteiger charge is -2.35. The minimum atomic E-state index is -0.131. The molecule has 4 heteroatoms. The molecule has 1 fully saturated rings. The Morgan fingerprint density at radius 3 is 2.71 bits per heavy atom. The first-order valence-corrected chi connectivity index (χ1v) is 7.62. The van der Waals surface area contributed by atoms with Crippen LogP contribution in [0.1, 0.15) is 37.3 Å². The fraction of sp³-hybridized carbons (Fsp3) is 0.529. The predicted molar refractivity (Wildman–Crippen MR) is 89.5 cm³/mol. The van der Waals surface area contributed by atoms with Crippen LogP contribution in [-0.4, -0.2) is 31.1 Å². The third kappa shape index (κ3) is 5.77. The molecule has 2 rings (SSSR count). The smallest absolute Gasteiger partial charge is 0.123 e. The van der Waals surface area contributed by atoms with E-state index in [0.29, 0.717) is 6.04 Å². The van der Waals surface area contributed by atoms with E-state index in [1.54, 1.807) is 6.07 Å². The average Bonchev–Trinajstić information content (AvgIpc) is 2.48. The van der Waals surface area contributed by atoms with Crippen molar-refractivity contribution in [2.75, 3.05) is 26.2 Å². The molecule has 0 saturated carbocycles. The molecule has 0 radical (unpaired) electrons. The molecule has 0 unspecified atom stereocenters. The van der Waals surface area contributed by atoms with Gasteiger partial charge in [-0.15, -0.1) is 19.0 Å². The van der Waals surface area contributed by atoms with Crippen molar-refractivity contribution in [2.24, 2.45) is 0 Å². The van der Waals surface area contributed by atoms with Crippen LogP contribution < -0.4 is 5.32 Å². The first-order valence-electron chi connectivity index (χ1n) is 7.62. The molecule has 1 atom stereocenters. The Bertz CT molecular complexity index is 419. The number of hydrogen-bond acceptors (Lipinski definition) is 2. The summed E-state index contributed by atoms with van der Waals surface area (Å²) in [6.07, 6.45) is 6.47. The van der Waals surface area contributed by atoms with Crippen LogP contribution in [0.4, 0.5) is 4.39 Å². The minimum Gasteiger partial charge on any atom is -0.314 e. The Labute approximate surface area is 133 Å². The molecule has 1 saturated heterocycles. The summed E-state index contributed by atoms with van der Waals surface area (Å²) in [6, 6.07) is 7.45. The van der Waals surface area contributed by atoms with E-state index in [2.05, 4.69) is 22.9 Å². The first-order chi connectivity index (χ1) is 9.81. The van der Waals surface area contributed by atoms with Gasteiger partial charge in [0.15, 0.2) is 0 Å². The summed E-state index contributed by atoms with van der Waals surface area (Å²) in [5.74, 6) is -0.131. The summed E-state index contributed by atoms with van der Waals surface area (Å²) in [5, 5.41) is 3.38. The fourth-order valence-electron chi connectivity index (χ4n) is 2.89. The van der Waals surface area contributed by atoms with Crippen LogP contribution >= 0.6 is 12.4 Å². The van der Waals surface area contributed by atoms with Crippen LogP contribution in [0.5, 0.6) is 0 Å². The number of nitrogens with one attached hydrogen (secondary N) is 1. The van der Waals surface area contributed by atoms with E-state index < -0.39 is 0 Å². The third-order valence-corrected chi connectivity index (χ3v) is 3.96. The maximum Gasteiger partial charge on any atom is 0.123 e. The van der Waals surface area contributed by atoms with Crippen LogP contribution in [0.2, 0.25) is 0 Å². The summed E-state index contributed by atoms with van der Waals surface area (Å²) >= 11 is 0. The number of piperazine rings is 1. The van der Waals surface area contributed by atoms with Crippen molar-refractivity contribution in [1.29, 1.82) is 0 Å². The van der Waals surface area contributed by atoms with E-state index in [4.69, 9.17) is 0 Å². The third-order valence-electron chi connectivity index (χ3n) is 3.96. The van der Waals surface area contributed by atoms with Crippen molar-refractivity contribution in [3.05, 3.63) is 48.3 Å². The van der Waals surface area contributed by atoms with Crippen molar-refractivity contribution >= 4 is 12.4 Å². The molecule has 0 bridgehead atoms. The molecule has 0 aromatic heterocycles. The molecule has 0 amide bonds. The Morgan fingerprint density at radius 2 is 2.05 bits per heavy atom. The van der Waals surface area contributed by atoms with Gasteiger partial charge in [0, 0.05) is 32.2 Å². The summed E-state index contributed by atoms with van der Waals surface area (Å²) in [4.78, 5) is 2.49. The molecule has 0 spiro atoms. The lowest BCUT2D eigenvalue weighted by atomic mass is 9.98. The number of benzene rings is 1. The van der Waals surface area contributed by atoms with Gasteiger partial charge in [-0.05, 0) is 37.0 Å². The van der Waals surface area contributed by atoms with Gasteiger partial charge in [0.05, 0.1) is 0 Å². The zero-order valence-corrected chi connectivity index (χ0v) is 13.4. The highest BCUT2D eigenvalue weighted by Gasteiger charge is 2.21. The van der Waals surface area contributed by atoms with E-state index in [0.717, 1.165) is 51.0 Å². The van der Waals surface area contributed by atoms with E-state index in [-0.39, 0.29) is 18.2 Å². The number of unbranched alkanes of at least 4 members (excludes halogenated alkanes) is 2. The molecule has 1 heterocycles. The molecule has 1 aliphatic heterocycles. The van der Waals surface area contributed by atoms with E-state index in [1.165, 1.54) is 12.5 Å².